The average molecular weight is 469 g/mol. The van der Waals surface area contributed by atoms with Crippen LogP contribution in [0.4, 0.5) is 5.69 Å². The predicted octanol–water partition coefficient (Wildman–Crippen LogP) is 3.71. The van der Waals surface area contributed by atoms with Crippen molar-refractivity contribution in [3.63, 3.8) is 0 Å². The minimum Gasteiger partial charge on any atom is -0.507 e. The first-order valence-electron chi connectivity index (χ1n) is 10.9. The van der Waals surface area contributed by atoms with Crippen molar-refractivity contribution in [3.8, 4) is 0 Å². The number of carbonyl (C=O) groups is 3. The van der Waals surface area contributed by atoms with Crippen LogP contribution < -0.4 is 4.90 Å². The van der Waals surface area contributed by atoms with Crippen molar-refractivity contribution in [3.05, 3.63) is 70.3 Å². The number of para-hydroxylation sites is 1. The first kappa shape index (κ1) is 23.0. The van der Waals surface area contributed by atoms with Gasteiger partial charge in [-0.15, -0.1) is 0 Å². The number of methoxy groups -OCH3 is 1. The molecule has 0 bridgehead atoms. The number of benzene rings is 2. The quantitative estimate of drug-likeness (QED) is 0.290. The highest BCUT2D eigenvalue weighted by atomic mass is 35.5. The number of amides is 2. The van der Waals surface area contributed by atoms with E-state index in [0.717, 1.165) is 0 Å². The molecule has 0 aliphatic carbocycles. The smallest absolute Gasteiger partial charge is 0.296 e. The number of hydrogen-bond acceptors (Lipinski definition) is 5. The molecule has 1 atom stereocenters. The molecule has 2 aliphatic rings. The van der Waals surface area contributed by atoms with Gasteiger partial charge in [0.25, 0.3) is 17.6 Å². The Morgan fingerprint density at radius 3 is 2.42 bits per heavy atom. The zero-order valence-corrected chi connectivity index (χ0v) is 19.3. The van der Waals surface area contributed by atoms with Crippen LogP contribution in [0.15, 0.2) is 54.1 Å². The zero-order chi connectivity index (χ0) is 23.8. The van der Waals surface area contributed by atoms with Crippen molar-refractivity contribution in [2.75, 3.05) is 31.7 Å². The number of aliphatic hydroxyl groups excluding tert-OH is 1. The van der Waals surface area contributed by atoms with E-state index in [2.05, 4.69) is 0 Å². The van der Waals surface area contributed by atoms with Gasteiger partial charge in [-0.2, -0.15) is 0 Å². The average Bonchev–Trinajstić information content (AvgIpc) is 3.19. The third-order valence-electron chi connectivity index (χ3n) is 6.10. The zero-order valence-electron chi connectivity index (χ0n) is 18.5. The number of carbonyl (C=O) groups excluding carboxylic acids is 3. The molecule has 1 fully saturated rings. The molecule has 1 N–H and O–H groups in total. The first-order chi connectivity index (χ1) is 15.9. The van der Waals surface area contributed by atoms with Crippen molar-refractivity contribution >= 4 is 40.6 Å². The van der Waals surface area contributed by atoms with Gasteiger partial charge in [-0.1, -0.05) is 36.7 Å². The minimum absolute atomic E-state index is 0.121. The number of halogens is 1. The van der Waals surface area contributed by atoms with Crippen molar-refractivity contribution in [2.24, 2.45) is 0 Å². The van der Waals surface area contributed by atoms with Gasteiger partial charge in [-0.05, 0) is 43.2 Å². The SMILES string of the molecule is CCCN1C(=O)[C@@]2(C(=C(O)c3ccc(Cl)cc3)C(=O)C(=O)N2CCCOC)c2ccccc21. The summed E-state index contributed by atoms with van der Waals surface area (Å²) in [5, 5.41) is 11.8. The van der Waals surface area contributed by atoms with E-state index in [9.17, 15) is 19.5 Å². The molecule has 1 saturated heterocycles. The number of anilines is 1. The van der Waals surface area contributed by atoms with Gasteiger partial charge >= 0.3 is 0 Å². The van der Waals surface area contributed by atoms with E-state index in [1.807, 2.05) is 13.0 Å². The van der Waals surface area contributed by atoms with Crippen molar-refractivity contribution in [1.82, 2.24) is 4.90 Å². The van der Waals surface area contributed by atoms with E-state index in [-0.39, 0.29) is 12.1 Å². The molecule has 0 aromatic heterocycles. The molecule has 4 rings (SSSR count). The fraction of sp³-hybridized carbons (Fsp3) is 0.320. The molecule has 2 amide bonds. The van der Waals surface area contributed by atoms with Gasteiger partial charge < -0.3 is 19.6 Å². The fourth-order valence-corrected chi connectivity index (χ4v) is 4.86. The normalized spacial score (nSPS) is 21.4. The topological polar surface area (TPSA) is 87.2 Å². The second-order valence-electron chi connectivity index (χ2n) is 8.05. The van der Waals surface area contributed by atoms with E-state index >= 15 is 0 Å². The summed E-state index contributed by atoms with van der Waals surface area (Å²) in [7, 11) is 1.55. The lowest BCUT2D eigenvalue weighted by Crippen LogP contribution is -2.52. The number of fused-ring (bicyclic) bond motifs is 2. The predicted molar refractivity (Wildman–Crippen MR) is 125 cm³/mol. The maximum atomic E-state index is 14.1. The molecule has 8 heteroatoms. The molecule has 2 aliphatic heterocycles. The molecule has 0 saturated carbocycles. The summed E-state index contributed by atoms with van der Waals surface area (Å²) in [6, 6.07) is 13.4. The monoisotopic (exact) mass is 468 g/mol. The summed E-state index contributed by atoms with van der Waals surface area (Å²) in [6.07, 6.45) is 1.11. The number of ether oxygens (including phenoxy) is 1. The molecular weight excluding hydrogens is 444 g/mol. The van der Waals surface area contributed by atoms with Gasteiger partial charge in [0.05, 0.1) is 11.3 Å². The number of Topliss-reactive ketones (excluding diaryl/α,β-unsaturated/α-hetero) is 1. The third-order valence-corrected chi connectivity index (χ3v) is 6.36. The fourth-order valence-electron chi connectivity index (χ4n) is 4.73. The molecule has 33 heavy (non-hydrogen) atoms. The molecule has 172 valence electrons. The van der Waals surface area contributed by atoms with Gasteiger partial charge in [0.1, 0.15) is 5.76 Å². The second kappa shape index (κ2) is 9.00. The molecule has 2 aromatic carbocycles. The lowest BCUT2D eigenvalue weighted by atomic mass is 9.82. The van der Waals surface area contributed by atoms with Crippen LogP contribution in [-0.2, 0) is 24.7 Å². The molecule has 7 nitrogen and oxygen atoms in total. The Labute approximate surface area is 197 Å². The number of aliphatic hydroxyl groups is 1. The van der Waals surface area contributed by atoms with Crippen LogP contribution in [0.25, 0.3) is 5.76 Å². The van der Waals surface area contributed by atoms with E-state index in [1.54, 1.807) is 54.5 Å². The maximum absolute atomic E-state index is 14.1. The minimum atomic E-state index is -1.74. The first-order valence-corrected chi connectivity index (χ1v) is 11.2. The Morgan fingerprint density at radius 2 is 1.76 bits per heavy atom. The van der Waals surface area contributed by atoms with Gasteiger partial charge in [-0.25, -0.2) is 0 Å². The highest BCUT2D eigenvalue weighted by Gasteiger charge is 2.66. The van der Waals surface area contributed by atoms with Gasteiger partial charge in [0.2, 0.25) is 0 Å². The molecule has 1 spiro atoms. The maximum Gasteiger partial charge on any atom is 0.296 e. The van der Waals surface area contributed by atoms with Crippen LogP contribution in [0.3, 0.4) is 0 Å². The Morgan fingerprint density at radius 1 is 1.06 bits per heavy atom. The number of likely N-dealkylation sites (tertiary alicyclic amines) is 1. The van der Waals surface area contributed by atoms with Crippen LogP contribution in [0.2, 0.25) is 5.02 Å². The van der Waals surface area contributed by atoms with Crippen molar-refractivity contribution in [2.45, 2.75) is 25.3 Å². The molecule has 0 unspecified atom stereocenters. The number of ketones is 1. The highest BCUT2D eigenvalue weighted by molar-refractivity contribution is 6.50. The summed E-state index contributed by atoms with van der Waals surface area (Å²) in [5.41, 5.74) is -0.519. The number of rotatable bonds is 7. The Bertz CT molecular complexity index is 1140. The largest absolute Gasteiger partial charge is 0.507 e. The number of hydrogen-bond donors (Lipinski definition) is 1. The van der Waals surface area contributed by atoms with Crippen molar-refractivity contribution < 1.29 is 24.2 Å². The van der Waals surface area contributed by atoms with Crippen LogP contribution in [0.1, 0.15) is 30.9 Å². The lowest BCUT2D eigenvalue weighted by molar-refractivity contribution is -0.143. The van der Waals surface area contributed by atoms with E-state index in [1.165, 1.54) is 4.90 Å². The van der Waals surface area contributed by atoms with E-state index in [0.29, 0.717) is 47.8 Å². The summed E-state index contributed by atoms with van der Waals surface area (Å²) in [5.74, 6) is -2.53. The summed E-state index contributed by atoms with van der Waals surface area (Å²) < 4.78 is 5.13. The van der Waals surface area contributed by atoms with Crippen LogP contribution in [-0.4, -0.2) is 54.4 Å². The molecule has 0 radical (unpaired) electrons. The summed E-state index contributed by atoms with van der Waals surface area (Å²) >= 11 is 5.99. The van der Waals surface area contributed by atoms with Gasteiger partial charge in [0.15, 0.2) is 5.54 Å². The Kier molecular flexibility index (Phi) is 6.28. The third kappa shape index (κ3) is 3.43. The molecule has 2 aromatic rings. The summed E-state index contributed by atoms with van der Waals surface area (Å²) in [4.78, 5) is 43.6. The van der Waals surface area contributed by atoms with Gasteiger partial charge in [0, 0.05) is 43.0 Å². The van der Waals surface area contributed by atoms with E-state index < -0.39 is 28.9 Å². The Balaban J connectivity index is 2.01. The standard InChI is InChI=1S/C25H25ClN2O5/c1-3-13-27-19-8-5-4-7-18(19)25(24(27)32)20(21(29)16-9-11-17(26)12-10-16)22(30)23(31)28(25)14-6-15-33-2/h4-5,7-12,29H,3,6,13-15H2,1-2H3/t25-/m0/s1. The van der Waals surface area contributed by atoms with Crippen molar-refractivity contribution in [1.29, 1.82) is 0 Å². The van der Waals surface area contributed by atoms with Crippen LogP contribution in [0, 0.1) is 0 Å². The van der Waals surface area contributed by atoms with E-state index in [4.69, 9.17) is 16.3 Å². The lowest BCUT2D eigenvalue weighted by Gasteiger charge is -2.34. The number of nitrogens with zero attached hydrogens (tertiary/aromatic N) is 2. The Hall–Kier alpha value is -3.16. The summed E-state index contributed by atoms with van der Waals surface area (Å²) in [6.45, 7) is 2.84. The van der Waals surface area contributed by atoms with Crippen LogP contribution >= 0.6 is 11.6 Å². The molecular formula is C25H25ClN2O5. The second-order valence-corrected chi connectivity index (χ2v) is 8.48. The molecule has 2 heterocycles. The van der Waals surface area contributed by atoms with Gasteiger partial charge in [-0.3, -0.25) is 14.4 Å². The highest BCUT2D eigenvalue weighted by Crippen LogP contribution is 2.53. The van der Waals surface area contributed by atoms with Crippen LogP contribution in [0.5, 0.6) is 0 Å².